The zero-order valence-electron chi connectivity index (χ0n) is 29.4. The number of carbonyl (C=O) groups excluding carboxylic acids is 4. The number of carbonyl (C=O) groups is 5. The number of rotatable bonds is 9. The number of nitrogens with one attached hydrogen (secondary N) is 1. The lowest BCUT2D eigenvalue weighted by molar-refractivity contribution is -1.08. The fourth-order valence-corrected chi connectivity index (χ4v) is 9.37. The Labute approximate surface area is 319 Å². The molecule has 278 valence electrons. The van der Waals surface area contributed by atoms with Crippen molar-refractivity contribution in [3.8, 4) is 11.1 Å². The van der Waals surface area contributed by atoms with Crippen LogP contribution in [-0.4, -0.2) is 112 Å². The van der Waals surface area contributed by atoms with E-state index in [-0.39, 0.29) is 54.0 Å². The summed E-state index contributed by atoms with van der Waals surface area (Å²) in [6.45, 7) is 10.1. The Morgan fingerprint density at radius 2 is 1.49 bits per heavy atom. The number of primary amides is 1. The van der Waals surface area contributed by atoms with Crippen LogP contribution < -0.4 is 35.9 Å². The molecule has 9 rings (SSSR count). The van der Waals surface area contributed by atoms with Gasteiger partial charge in [0.05, 0.1) is 18.1 Å². The molecule has 14 heteroatoms. The van der Waals surface area contributed by atoms with Crippen LogP contribution in [0.5, 0.6) is 0 Å². The first-order valence-corrected chi connectivity index (χ1v) is 17.5. The Balaban J connectivity index is 0.00000240. The number of carboxylic acids is 1. The number of ketones is 1. The summed E-state index contributed by atoms with van der Waals surface area (Å²) < 4.78 is 1.66. The first kappa shape index (κ1) is 38.1. The van der Waals surface area contributed by atoms with Gasteiger partial charge in [0, 0.05) is 33.9 Å². The number of quaternary nitrogens is 2. The van der Waals surface area contributed by atoms with Gasteiger partial charge in [-0.3, -0.25) is 19.2 Å². The van der Waals surface area contributed by atoms with E-state index in [0.717, 1.165) is 71.5 Å². The zero-order chi connectivity index (χ0) is 36.0. The van der Waals surface area contributed by atoms with Gasteiger partial charge in [-0.1, -0.05) is 25.1 Å². The molecule has 4 fully saturated rings. The second-order valence-electron chi connectivity index (χ2n) is 15.1. The maximum Gasteiger partial charge on any atom is 0.352 e. The molecule has 53 heavy (non-hydrogen) atoms. The van der Waals surface area contributed by atoms with E-state index in [9.17, 15) is 34.2 Å². The second-order valence-corrected chi connectivity index (χ2v) is 15.1. The summed E-state index contributed by atoms with van der Waals surface area (Å²) in [5, 5.41) is 23.4. The molecule has 3 aromatic carbocycles. The summed E-state index contributed by atoms with van der Waals surface area (Å²) in [5.41, 5.74) is 11.4. The first-order valence-electron chi connectivity index (χ1n) is 17.5. The maximum atomic E-state index is 13.7. The normalized spacial score (nSPS) is 26.8. The van der Waals surface area contributed by atoms with E-state index in [2.05, 4.69) is 11.4 Å². The molecule has 0 unspecified atom stereocenters. The van der Waals surface area contributed by atoms with Crippen molar-refractivity contribution >= 4 is 40.7 Å². The van der Waals surface area contributed by atoms with E-state index in [1.54, 1.807) is 43.3 Å². The van der Waals surface area contributed by atoms with Crippen LogP contribution >= 0.6 is 0 Å². The molecule has 3 amide bonds. The fraction of sp³-hybridized carbons (Fsp3) is 0.359. The molecule has 12 nitrogen and oxygen atoms in total. The highest BCUT2D eigenvalue weighted by molar-refractivity contribution is 6.22. The Kier molecular flexibility index (Phi) is 9.84. The minimum absolute atomic E-state index is 0. The summed E-state index contributed by atoms with van der Waals surface area (Å²) >= 11 is 0. The number of piperazine rings is 3. The summed E-state index contributed by atoms with van der Waals surface area (Å²) in [7, 11) is 0. The van der Waals surface area contributed by atoms with Gasteiger partial charge in [-0.05, 0) is 71.7 Å². The van der Waals surface area contributed by atoms with E-state index < -0.39 is 29.9 Å². The molecule has 0 spiro atoms. The summed E-state index contributed by atoms with van der Waals surface area (Å²) in [4.78, 5) is 64.7. The van der Waals surface area contributed by atoms with Gasteiger partial charge in [0.15, 0.2) is 12.3 Å². The molecule has 4 atom stereocenters. The van der Waals surface area contributed by atoms with Crippen LogP contribution in [0, 0.1) is 11.8 Å². The van der Waals surface area contributed by atoms with Gasteiger partial charge in [0.25, 0.3) is 5.91 Å². The van der Waals surface area contributed by atoms with E-state index in [1.807, 2.05) is 25.1 Å². The quantitative estimate of drug-likeness (QED) is 0.101. The Morgan fingerprint density at radius 1 is 0.868 bits per heavy atom. The lowest BCUT2D eigenvalue weighted by Gasteiger charge is -2.55. The van der Waals surface area contributed by atoms with Gasteiger partial charge in [-0.25, -0.2) is 4.79 Å². The third-order valence-corrected chi connectivity index (χ3v) is 12.2. The number of aliphatic hydroxyl groups excluding tert-OH is 1. The van der Waals surface area contributed by atoms with Crippen molar-refractivity contribution in [2.24, 2.45) is 17.6 Å². The van der Waals surface area contributed by atoms with Crippen LogP contribution in [0.15, 0.2) is 66.4 Å². The Morgan fingerprint density at radius 3 is 2.09 bits per heavy atom. The zero-order valence-corrected chi connectivity index (χ0v) is 30.9. The minimum Gasteiger partial charge on any atom is -1.00 e. The summed E-state index contributed by atoms with van der Waals surface area (Å²) in [6, 6.07) is 17.7. The Hall–Kier alpha value is -4.59. The molecule has 0 radical (unpaired) electrons. The molecule has 1 aliphatic carbocycles. The molecule has 0 saturated carbocycles. The van der Waals surface area contributed by atoms with Crippen molar-refractivity contribution in [2.75, 3.05) is 51.1 Å². The number of fused-ring (bicyclic) bond motifs is 7. The van der Waals surface area contributed by atoms with E-state index in [1.165, 1.54) is 4.90 Å². The molecule has 5 N–H and O–H groups in total. The molecule has 5 aliphatic heterocycles. The largest absolute Gasteiger partial charge is 1.00 e. The maximum absolute atomic E-state index is 13.7. The van der Waals surface area contributed by atoms with Gasteiger partial charge in [0.1, 0.15) is 51.5 Å². The molecule has 6 aliphatic rings. The van der Waals surface area contributed by atoms with Crippen molar-refractivity contribution in [2.45, 2.75) is 32.5 Å². The van der Waals surface area contributed by atoms with Crippen LogP contribution in [0.1, 0.15) is 51.3 Å². The average molecular weight is 763 g/mol. The van der Waals surface area contributed by atoms with Crippen LogP contribution in [0.25, 0.3) is 16.7 Å². The smallest absolute Gasteiger partial charge is 0.352 e. The molecule has 3 aromatic rings. The van der Waals surface area contributed by atoms with E-state index in [0.29, 0.717) is 40.1 Å². The van der Waals surface area contributed by atoms with Crippen molar-refractivity contribution in [3.63, 3.8) is 0 Å². The molecule has 5 heterocycles. The monoisotopic (exact) mass is 761 g/mol. The van der Waals surface area contributed by atoms with Crippen LogP contribution in [0.2, 0.25) is 0 Å². The van der Waals surface area contributed by atoms with Gasteiger partial charge < -0.3 is 59.9 Å². The molecule has 0 aromatic heterocycles. The number of hydrogen-bond donors (Lipinski definition) is 4. The SMILES string of the molecule is C[C@@H](O)[C@H]1C(=O)N2C(C(=O)O)=C(c3ccc4c(c3)-c3ccc(C[N+]56CC[N+](CC(=O)Nc7ccc(C(N)=O)cc7)(CC5)CC6)cc3C4=O)[C@H](C)[C@H]12.[Cl-].[Cl-]. The van der Waals surface area contributed by atoms with Crippen molar-refractivity contribution in [3.05, 3.63) is 94.2 Å². The van der Waals surface area contributed by atoms with Gasteiger partial charge in [-0.2, -0.15) is 0 Å². The van der Waals surface area contributed by atoms with Crippen LogP contribution in [0.3, 0.4) is 0 Å². The predicted molar refractivity (Wildman–Crippen MR) is 187 cm³/mol. The minimum atomic E-state index is -1.19. The van der Waals surface area contributed by atoms with E-state index >= 15 is 0 Å². The lowest BCUT2D eigenvalue weighted by Crippen LogP contribution is -3.00. The number of aliphatic hydroxyl groups is 1. The number of hydrogen-bond acceptors (Lipinski definition) is 6. The van der Waals surface area contributed by atoms with Gasteiger partial charge in [-0.15, -0.1) is 0 Å². The first-order chi connectivity index (χ1) is 24.3. The van der Waals surface area contributed by atoms with Crippen molar-refractivity contribution in [1.82, 2.24) is 4.90 Å². The number of anilines is 1. The fourth-order valence-electron chi connectivity index (χ4n) is 9.37. The van der Waals surface area contributed by atoms with Gasteiger partial charge in [0.2, 0.25) is 11.8 Å². The number of aliphatic carboxylic acids is 1. The highest BCUT2D eigenvalue weighted by atomic mass is 35.5. The number of benzene rings is 3. The van der Waals surface area contributed by atoms with E-state index in [4.69, 9.17) is 5.73 Å². The predicted octanol–water partition coefficient (Wildman–Crippen LogP) is -3.54. The number of carboxylic acid groups (broad SMARTS) is 1. The van der Waals surface area contributed by atoms with Crippen molar-refractivity contribution < 1.29 is 68.0 Å². The number of amides is 3. The highest BCUT2D eigenvalue weighted by Gasteiger charge is 2.60. The number of nitrogens with zero attached hydrogens (tertiary/aromatic N) is 3. The summed E-state index contributed by atoms with van der Waals surface area (Å²) in [6.07, 6.45) is -0.885. The molecular weight excluding hydrogens is 721 g/mol. The lowest BCUT2D eigenvalue weighted by atomic mass is 9.76. The molecule has 4 saturated heterocycles. The topological polar surface area (TPSA) is 167 Å². The standard InChI is InChI=1S/C39H39N5O7.2ClH/c1-21-32(35(39(50)51)42-34(21)33(22(2)45)38(42)49)25-6-10-28-29(18-25)27-9-3-23(17-30(27)36(28)47)19-43-11-14-44(15-12-43,16-13-43)20-31(46)41-26-7-4-24(5-8-26)37(40)48;;/h3-10,17-18,21-22,33-34,45H,11-16,19-20H2,1-2H3,(H2-2,40,41,46,48,50,51);2*1H/t21-,22+,33+,34+,43?,44?;;/m0../s1. The van der Waals surface area contributed by atoms with Gasteiger partial charge >= 0.3 is 5.97 Å². The number of nitrogens with two attached hydrogens (primary N) is 1. The molecular formula is C39H41Cl2N5O7. The van der Waals surface area contributed by atoms with Crippen LogP contribution in [-0.2, 0) is 20.9 Å². The third kappa shape index (κ3) is 6.12. The summed E-state index contributed by atoms with van der Waals surface area (Å²) in [5.74, 6) is -3.14. The van der Waals surface area contributed by atoms with Crippen LogP contribution in [0.4, 0.5) is 5.69 Å². The third-order valence-electron chi connectivity index (χ3n) is 12.2. The average Bonchev–Trinajstić information content (AvgIpc) is 3.52. The number of halogens is 2. The molecule has 2 bridgehead atoms. The highest BCUT2D eigenvalue weighted by Crippen LogP contribution is 2.51. The Bertz CT molecular complexity index is 2070. The second kappa shape index (κ2) is 13.7. The van der Waals surface area contributed by atoms with Crippen molar-refractivity contribution in [1.29, 1.82) is 0 Å². The number of β-lactam (4-membered cyclic amide) rings is 1.